The highest BCUT2D eigenvalue weighted by atomic mass is 35.5. The van der Waals surface area contributed by atoms with Gasteiger partial charge in [0.15, 0.2) is 5.82 Å². The largest absolute Gasteiger partial charge is 0.417 e. The first-order chi connectivity index (χ1) is 13.2. The molecule has 10 heteroatoms. The fraction of sp³-hybridized carbons (Fsp3) is 0.167. The summed E-state index contributed by atoms with van der Waals surface area (Å²) in [6, 6.07) is 9.06. The minimum Gasteiger partial charge on any atom is -0.368 e. The summed E-state index contributed by atoms with van der Waals surface area (Å²) in [5.41, 5.74) is -0.287. The lowest BCUT2D eigenvalue weighted by Crippen LogP contribution is -2.26. The quantitative estimate of drug-likeness (QED) is 0.609. The van der Waals surface area contributed by atoms with Gasteiger partial charge in [-0.05, 0) is 29.8 Å². The third-order valence-electron chi connectivity index (χ3n) is 3.94. The van der Waals surface area contributed by atoms with E-state index in [1.165, 1.54) is 6.20 Å². The molecule has 28 heavy (non-hydrogen) atoms. The minimum atomic E-state index is -4.52. The smallest absolute Gasteiger partial charge is 0.368 e. The Morgan fingerprint density at radius 1 is 1.07 bits per heavy atom. The molecule has 0 spiro atoms. The molecule has 0 radical (unpaired) electrons. The summed E-state index contributed by atoms with van der Waals surface area (Å²) in [6.07, 6.45) is -2.52. The molecule has 0 aliphatic carbocycles. The first kappa shape index (κ1) is 20.2. The molecule has 5 nitrogen and oxygen atoms in total. The van der Waals surface area contributed by atoms with Crippen molar-refractivity contribution in [2.75, 3.05) is 11.9 Å². The highest BCUT2D eigenvalue weighted by Crippen LogP contribution is 2.29. The van der Waals surface area contributed by atoms with Gasteiger partial charge in [0.25, 0.3) is 5.56 Å². The van der Waals surface area contributed by atoms with Crippen LogP contribution in [0.15, 0.2) is 53.6 Å². The molecule has 2 aromatic heterocycles. The second-order valence-corrected chi connectivity index (χ2v) is 6.76. The Bertz CT molecular complexity index is 1030. The number of aromatic nitrogens is 3. The van der Waals surface area contributed by atoms with Crippen LogP contribution < -0.4 is 10.5 Å². The molecule has 0 saturated heterocycles. The van der Waals surface area contributed by atoms with Gasteiger partial charge in [0.1, 0.15) is 5.02 Å². The van der Waals surface area contributed by atoms with Gasteiger partial charge in [-0.25, -0.2) is 4.98 Å². The van der Waals surface area contributed by atoms with Crippen molar-refractivity contribution in [2.45, 2.75) is 12.7 Å². The standard InChI is InChI=1S/C18H13Cl2F3N4O/c1-26(10-11-2-5-13(19)6-3-11)14-9-25-27(17(28)16(14)20)15-7-4-12(8-24-15)18(21,22)23/h2-9H,10H2,1H3. The summed E-state index contributed by atoms with van der Waals surface area (Å²) in [4.78, 5) is 17.9. The van der Waals surface area contributed by atoms with Crippen LogP contribution in [0, 0.1) is 0 Å². The number of halogens is 5. The van der Waals surface area contributed by atoms with Crippen molar-refractivity contribution in [1.29, 1.82) is 0 Å². The Labute approximate surface area is 168 Å². The molecule has 0 unspecified atom stereocenters. The van der Waals surface area contributed by atoms with E-state index in [-0.39, 0.29) is 10.8 Å². The fourth-order valence-corrected chi connectivity index (χ4v) is 2.88. The normalized spacial score (nSPS) is 11.5. The van der Waals surface area contributed by atoms with Crippen LogP contribution in [0.1, 0.15) is 11.1 Å². The van der Waals surface area contributed by atoms with Crippen molar-refractivity contribution in [2.24, 2.45) is 0 Å². The zero-order valence-corrected chi connectivity index (χ0v) is 15.9. The van der Waals surface area contributed by atoms with Crippen LogP contribution in [0.2, 0.25) is 10.0 Å². The van der Waals surface area contributed by atoms with E-state index in [1.807, 2.05) is 12.1 Å². The first-order valence-corrected chi connectivity index (χ1v) is 8.69. The van der Waals surface area contributed by atoms with E-state index in [0.29, 0.717) is 23.5 Å². The van der Waals surface area contributed by atoms with Crippen LogP contribution in [-0.2, 0) is 12.7 Å². The number of rotatable bonds is 4. The van der Waals surface area contributed by atoms with E-state index in [4.69, 9.17) is 23.2 Å². The van der Waals surface area contributed by atoms with Crippen molar-refractivity contribution < 1.29 is 13.2 Å². The van der Waals surface area contributed by atoms with E-state index < -0.39 is 17.3 Å². The molecule has 0 atom stereocenters. The molecular weight excluding hydrogens is 416 g/mol. The van der Waals surface area contributed by atoms with Crippen molar-refractivity contribution >= 4 is 28.9 Å². The minimum absolute atomic E-state index is 0.0631. The maximum Gasteiger partial charge on any atom is 0.417 e. The van der Waals surface area contributed by atoms with Crippen molar-refractivity contribution in [3.63, 3.8) is 0 Å². The van der Waals surface area contributed by atoms with Crippen molar-refractivity contribution in [3.8, 4) is 5.82 Å². The predicted octanol–water partition coefficient (Wildman–Crippen LogP) is 4.59. The Morgan fingerprint density at radius 3 is 2.32 bits per heavy atom. The highest BCUT2D eigenvalue weighted by molar-refractivity contribution is 6.33. The predicted molar refractivity (Wildman–Crippen MR) is 101 cm³/mol. The first-order valence-electron chi connectivity index (χ1n) is 7.94. The van der Waals surface area contributed by atoms with Crippen LogP contribution in [0.3, 0.4) is 0 Å². The molecule has 146 valence electrons. The van der Waals surface area contributed by atoms with Gasteiger partial charge in [0.05, 0.1) is 17.4 Å². The number of anilines is 1. The zero-order chi connectivity index (χ0) is 20.5. The average Bonchev–Trinajstić information content (AvgIpc) is 2.65. The number of pyridine rings is 1. The summed E-state index contributed by atoms with van der Waals surface area (Å²) in [6.45, 7) is 0.445. The summed E-state index contributed by atoms with van der Waals surface area (Å²) in [5, 5.41) is 4.48. The Morgan fingerprint density at radius 2 is 1.75 bits per heavy atom. The molecule has 3 rings (SSSR count). The molecule has 0 aliphatic rings. The van der Waals surface area contributed by atoms with Crippen LogP contribution in [-0.4, -0.2) is 21.8 Å². The number of alkyl halides is 3. The SMILES string of the molecule is CN(Cc1ccc(Cl)cc1)c1cnn(-c2ccc(C(F)(F)F)cn2)c(=O)c1Cl. The third-order valence-corrected chi connectivity index (χ3v) is 4.54. The van der Waals surface area contributed by atoms with E-state index in [9.17, 15) is 18.0 Å². The fourth-order valence-electron chi connectivity index (χ4n) is 2.48. The van der Waals surface area contributed by atoms with Gasteiger partial charge in [-0.3, -0.25) is 4.79 Å². The monoisotopic (exact) mass is 428 g/mol. The lowest BCUT2D eigenvalue weighted by atomic mass is 10.2. The topological polar surface area (TPSA) is 51.0 Å². The van der Waals surface area contributed by atoms with Crippen molar-refractivity contribution in [1.82, 2.24) is 14.8 Å². The van der Waals surface area contributed by atoms with Crippen molar-refractivity contribution in [3.05, 3.63) is 80.3 Å². The average molecular weight is 429 g/mol. The van der Waals surface area contributed by atoms with Gasteiger partial charge in [-0.1, -0.05) is 35.3 Å². The van der Waals surface area contributed by atoms with E-state index in [0.717, 1.165) is 22.4 Å². The Balaban J connectivity index is 1.88. The second kappa shape index (κ2) is 7.81. The van der Waals surface area contributed by atoms with Gasteiger partial charge >= 0.3 is 6.18 Å². The van der Waals surface area contributed by atoms with Gasteiger partial charge < -0.3 is 4.90 Å². The Kier molecular flexibility index (Phi) is 5.62. The van der Waals surface area contributed by atoms with Gasteiger partial charge in [0, 0.05) is 24.8 Å². The van der Waals surface area contributed by atoms with Crippen LogP contribution >= 0.6 is 23.2 Å². The molecular formula is C18H13Cl2F3N4O. The zero-order valence-electron chi connectivity index (χ0n) is 14.4. The van der Waals surface area contributed by atoms with Crippen LogP contribution in [0.25, 0.3) is 5.82 Å². The van der Waals surface area contributed by atoms with Gasteiger partial charge in [0.2, 0.25) is 0 Å². The molecule has 2 heterocycles. The number of nitrogens with zero attached hydrogens (tertiary/aromatic N) is 4. The van der Waals surface area contributed by atoms with Crippen LogP contribution in [0.4, 0.5) is 18.9 Å². The summed E-state index contributed by atoms with van der Waals surface area (Å²) < 4.78 is 38.8. The van der Waals surface area contributed by atoms with Crippen LogP contribution in [0.5, 0.6) is 0 Å². The molecule has 0 amide bonds. The molecule has 1 aromatic carbocycles. The molecule has 0 aliphatic heterocycles. The maximum atomic E-state index is 12.7. The molecule has 3 aromatic rings. The maximum absolute atomic E-state index is 12.7. The summed E-state index contributed by atoms with van der Waals surface area (Å²) in [7, 11) is 1.73. The highest BCUT2D eigenvalue weighted by Gasteiger charge is 2.30. The van der Waals surface area contributed by atoms with E-state index in [2.05, 4.69) is 10.1 Å². The lowest BCUT2D eigenvalue weighted by molar-refractivity contribution is -0.137. The summed E-state index contributed by atoms with van der Waals surface area (Å²) >= 11 is 12.1. The van der Waals surface area contributed by atoms with E-state index in [1.54, 1.807) is 24.1 Å². The Hall–Kier alpha value is -2.58. The number of hydrogen-bond acceptors (Lipinski definition) is 4. The summed E-state index contributed by atoms with van der Waals surface area (Å²) in [5.74, 6) is -0.0631. The van der Waals surface area contributed by atoms with Gasteiger partial charge in [-0.2, -0.15) is 23.0 Å². The molecule has 0 N–H and O–H groups in total. The number of benzene rings is 1. The molecule has 0 saturated carbocycles. The number of hydrogen-bond donors (Lipinski definition) is 0. The second-order valence-electron chi connectivity index (χ2n) is 5.95. The molecule has 0 bridgehead atoms. The third kappa shape index (κ3) is 4.28. The van der Waals surface area contributed by atoms with Gasteiger partial charge in [-0.15, -0.1) is 0 Å². The lowest BCUT2D eigenvalue weighted by Gasteiger charge is -2.20. The molecule has 0 fully saturated rings. The van der Waals surface area contributed by atoms with E-state index >= 15 is 0 Å².